The van der Waals surface area contributed by atoms with E-state index in [0.29, 0.717) is 6.04 Å². The molecule has 150 valence electrons. The molecule has 2 heterocycles. The number of nitrogens with one attached hydrogen (secondary N) is 2. The molecule has 0 radical (unpaired) electrons. The summed E-state index contributed by atoms with van der Waals surface area (Å²) >= 11 is 0. The van der Waals surface area contributed by atoms with Crippen LogP contribution in [0.3, 0.4) is 0 Å². The third kappa shape index (κ3) is 6.12. The minimum absolute atomic E-state index is 0.565. The molecule has 0 aromatic heterocycles. The Labute approximate surface area is 161 Å². The maximum atomic E-state index is 4.46. The molecular formula is C21H41N5. The number of rotatable bonds is 7. The van der Waals surface area contributed by atoms with Crippen molar-refractivity contribution in [3.63, 3.8) is 0 Å². The Balaban J connectivity index is 1.30. The maximum absolute atomic E-state index is 4.46. The summed E-state index contributed by atoms with van der Waals surface area (Å²) in [5.41, 5.74) is 0. The standard InChI is InChI=1S/C21H41N5/c1-3-25-13-9-18(10-14-25)8-12-23-21(22-2)24-20-11-15-26(17-20)16-19-6-4-5-7-19/h18-20H,3-17H2,1-2H3,(H2,22,23,24). The first-order valence-corrected chi connectivity index (χ1v) is 11.2. The second-order valence-electron chi connectivity index (χ2n) is 8.71. The topological polar surface area (TPSA) is 42.9 Å². The molecule has 1 aliphatic carbocycles. The number of piperidine rings is 1. The van der Waals surface area contributed by atoms with Crippen molar-refractivity contribution in [2.75, 3.05) is 52.9 Å². The summed E-state index contributed by atoms with van der Waals surface area (Å²) in [4.78, 5) is 9.70. The first-order valence-electron chi connectivity index (χ1n) is 11.2. The summed E-state index contributed by atoms with van der Waals surface area (Å²) in [5, 5.41) is 7.23. The highest BCUT2D eigenvalue weighted by atomic mass is 15.2. The summed E-state index contributed by atoms with van der Waals surface area (Å²) in [6.45, 7) is 10.9. The van der Waals surface area contributed by atoms with Gasteiger partial charge in [-0.15, -0.1) is 0 Å². The van der Waals surface area contributed by atoms with Crippen LogP contribution < -0.4 is 10.6 Å². The van der Waals surface area contributed by atoms with Crippen LogP contribution in [-0.4, -0.2) is 74.7 Å². The molecule has 0 spiro atoms. The predicted molar refractivity (Wildman–Crippen MR) is 111 cm³/mol. The van der Waals surface area contributed by atoms with E-state index >= 15 is 0 Å². The Morgan fingerprint density at radius 3 is 2.38 bits per heavy atom. The first kappa shape index (κ1) is 19.9. The molecule has 3 rings (SSSR count). The van der Waals surface area contributed by atoms with Crippen molar-refractivity contribution in [2.45, 2.75) is 64.3 Å². The van der Waals surface area contributed by atoms with Crippen molar-refractivity contribution in [3.05, 3.63) is 0 Å². The number of nitrogens with zero attached hydrogens (tertiary/aromatic N) is 3. The Hall–Kier alpha value is -0.810. The van der Waals surface area contributed by atoms with Gasteiger partial charge in [-0.05, 0) is 70.0 Å². The van der Waals surface area contributed by atoms with Gasteiger partial charge < -0.3 is 20.4 Å². The molecule has 0 bridgehead atoms. The number of hydrogen-bond donors (Lipinski definition) is 2. The predicted octanol–water partition coefficient (Wildman–Crippen LogP) is 2.54. The summed E-state index contributed by atoms with van der Waals surface area (Å²) in [5.74, 6) is 2.85. The Bertz CT molecular complexity index is 424. The van der Waals surface area contributed by atoms with Gasteiger partial charge in [0.05, 0.1) is 0 Å². The highest BCUT2D eigenvalue weighted by Crippen LogP contribution is 2.26. The van der Waals surface area contributed by atoms with Crippen LogP contribution in [0.4, 0.5) is 0 Å². The van der Waals surface area contributed by atoms with Gasteiger partial charge in [0.25, 0.3) is 0 Å². The zero-order valence-corrected chi connectivity index (χ0v) is 17.2. The molecule has 1 saturated carbocycles. The van der Waals surface area contributed by atoms with Gasteiger partial charge in [-0.1, -0.05) is 19.8 Å². The maximum Gasteiger partial charge on any atom is 0.191 e. The summed E-state index contributed by atoms with van der Waals surface area (Å²) in [6, 6.07) is 0.565. The van der Waals surface area contributed by atoms with Gasteiger partial charge in [0.15, 0.2) is 5.96 Å². The zero-order chi connectivity index (χ0) is 18.2. The molecule has 3 aliphatic rings. The van der Waals surface area contributed by atoms with E-state index in [4.69, 9.17) is 0 Å². The smallest absolute Gasteiger partial charge is 0.191 e. The van der Waals surface area contributed by atoms with E-state index in [1.807, 2.05) is 7.05 Å². The van der Waals surface area contributed by atoms with E-state index in [9.17, 15) is 0 Å². The Morgan fingerprint density at radius 2 is 1.69 bits per heavy atom. The Morgan fingerprint density at radius 1 is 0.962 bits per heavy atom. The van der Waals surface area contributed by atoms with E-state index in [0.717, 1.165) is 24.3 Å². The SMILES string of the molecule is CCN1CCC(CCNC(=NC)NC2CCN(CC3CCCC3)C2)CC1. The second-order valence-corrected chi connectivity index (χ2v) is 8.71. The molecular weight excluding hydrogens is 322 g/mol. The van der Waals surface area contributed by atoms with Gasteiger partial charge in [-0.25, -0.2) is 0 Å². The van der Waals surface area contributed by atoms with Crippen molar-refractivity contribution in [1.82, 2.24) is 20.4 Å². The third-order valence-corrected chi connectivity index (χ3v) is 6.83. The van der Waals surface area contributed by atoms with Crippen LogP contribution in [0.25, 0.3) is 0 Å². The minimum atomic E-state index is 0.565. The van der Waals surface area contributed by atoms with Crippen LogP contribution in [0.5, 0.6) is 0 Å². The number of hydrogen-bond acceptors (Lipinski definition) is 3. The normalized spacial score (nSPS) is 27.3. The molecule has 2 aliphatic heterocycles. The van der Waals surface area contributed by atoms with E-state index in [1.54, 1.807) is 0 Å². The molecule has 5 nitrogen and oxygen atoms in total. The summed E-state index contributed by atoms with van der Waals surface area (Å²) < 4.78 is 0. The summed E-state index contributed by atoms with van der Waals surface area (Å²) in [7, 11) is 1.90. The van der Waals surface area contributed by atoms with Gasteiger partial charge in [-0.3, -0.25) is 4.99 Å². The largest absolute Gasteiger partial charge is 0.356 e. The van der Waals surface area contributed by atoms with Crippen LogP contribution >= 0.6 is 0 Å². The van der Waals surface area contributed by atoms with Crippen molar-refractivity contribution >= 4 is 5.96 Å². The molecule has 2 saturated heterocycles. The van der Waals surface area contributed by atoms with Crippen molar-refractivity contribution in [3.8, 4) is 0 Å². The molecule has 26 heavy (non-hydrogen) atoms. The fourth-order valence-corrected chi connectivity index (χ4v) is 5.05. The number of guanidine groups is 1. The van der Waals surface area contributed by atoms with E-state index in [2.05, 4.69) is 32.3 Å². The minimum Gasteiger partial charge on any atom is -0.356 e. The van der Waals surface area contributed by atoms with Crippen molar-refractivity contribution in [2.24, 2.45) is 16.8 Å². The first-order chi connectivity index (χ1) is 12.8. The molecule has 2 N–H and O–H groups in total. The molecule has 0 aromatic carbocycles. The lowest BCUT2D eigenvalue weighted by Gasteiger charge is -2.31. The van der Waals surface area contributed by atoms with Gasteiger partial charge in [0.2, 0.25) is 0 Å². The average molecular weight is 364 g/mol. The van der Waals surface area contributed by atoms with Gasteiger partial charge in [0, 0.05) is 39.3 Å². The number of likely N-dealkylation sites (tertiary alicyclic amines) is 2. The Kier molecular flexibility index (Phi) is 8.06. The van der Waals surface area contributed by atoms with Crippen LogP contribution in [0.2, 0.25) is 0 Å². The van der Waals surface area contributed by atoms with Crippen molar-refractivity contribution in [1.29, 1.82) is 0 Å². The molecule has 1 atom stereocenters. The molecule has 3 fully saturated rings. The molecule has 0 amide bonds. The zero-order valence-electron chi connectivity index (χ0n) is 17.2. The second kappa shape index (κ2) is 10.5. The average Bonchev–Trinajstić information content (AvgIpc) is 3.34. The van der Waals surface area contributed by atoms with E-state index < -0.39 is 0 Å². The molecule has 1 unspecified atom stereocenters. The van der Waals surface area contributed by atoms with Crippen LogP contribution in [0, 0.1) is 11.8 Å². The van der Waals surface area contributed by atoms with E-state index in [-0.39, 0.29) is 0 Å². The molecule has 5 heteroatoms. The van der Waals surface area contributed by atoms with Gasteiger partial charge >= 0.3 is 0 Å². The lowest BCUT2D eigenvalue weighted by atomic mass is 9.93. The fraction of sp³-hybridized carbons (Fsp3) is 0.952. The van der Waals surface area contributed by atoms with Crippen LogP contribution in [0.15, 0.2) is 4.99 Å². The van der Waals surface area contributed by atoms with E-state index in [1.165, 1.54) is 90.6 Å². The fourth-order valence-electron chi connectivity index (χ4n) is 5.05. The lowest BCUT2D eigenvalue weighted by molar-refractivity contribution is 0.187. The van der Waals surface area contributed by atoms with Crippen LogP contribution in [-0.2, 0) is 0 Å². The monoisotopic (exact) mass is 363 g/mol. The van der Waals surface area contributed by atoms with Gasteiger partial charge in [0.1, 0.15) is 0 Å². The quantitative estimate of drug-likeness (QED) is 0.539. The van der Waals surface area contributed by atoms with Crippen LogP contribution in [0.1, 0.15) is 58.3 Å². The highest BCUT2D eigenvalue weighted by molar-refractivity contribution is 5.79. The third-order valence-electron chi connectivity index (χ3n) is 6.83. The lowest BCUT2D eigenvalue weighted by Crippen LogP contribution is -2.45. The van der Waals surface area contributed by atoms with Gasteiger partial charge in [-0.2, -0.15) is 0 Å². The summed E-state index contributed by atoms with van der Waals surface area (Å²) in [6.07, 6.45) is 11.1. The molecule has 0 aromatic rings. The van der Waals surface area contributed by atoms with Crippen molar-refractivity contribution < 1.29 is 0 Å². The number of aliphatic imine (C=N–C) groups is 1. The highest BCUT2D eigenvalue weighted by Gasteiger charge is 2.26.